The maximum absolute atomic E-state index is 12.5. The predicted molar refractivity (Wildman–Crippen MR) is 110 cm³/mol. The molecule has 3 rings (SSSR count). The molecule has 0 bridgehead atoms. The van der Waals surface area contributed by atoms with Gasteiger partial charge in [0, 0.05) is 23.0 Å². The number of ether oxygens (including phenoxy) is 1. The summed E-state index contributed by atoms with van der Waals surface area (Å²) in [6, 6.07) is 18.1. The molecule has 0 radical (unpaired) electrons. The highest BCUT2D eigenvalue weighted by atomic mass is 16.5. The van der Waals surface area contributed by atoms with Gasteiger partial charge in [0.25, 0.3) is 11.8 Å². The molecule has 0 spiro atoms. The van der Waals surface area contributed by atoms with Crippen LogP contribution in [-0.4, -0.2) is 29.7 Å². The van der Waals surface area contributed by atoms with Crippen molar-refractivity contribution in [3.8, 4) is 5.75 Å². The zero-order chi connectivity index (χ0) is 20.8. The Morgan fingerprint density at radius 3 is 1.93 bits per heavy atom. The number of ketones is 1. The lowest BCUT2D eigenvalue weighted by Crippen LogP contribution is -2.18. The number of methoxy groups -OCH3 is 1. The first-order valence-corrected chi connectivity index (χ1v) is 8.81. The molecule has 2 N–H and O–H groups in total. The van der Waals surface area contributed by atoms with Crippen LogP contribution in [0, 0.1) is 0 Å². The summed E-state index contributed by atoms with van der Waals surface area (Å²) in [7, 11) is 1.54. The summed E-state index contributed by atoms with van der Waals surface area (Å²) >= 11 is 0. The third-order valence-electron chi connectivity index (χ3n) is 4.07. The van der Waals surface area contributed by atoms with Gasteiger partial charge in [0.05, 0.1) is 7.11 Å². The van der Waals surface area contributed by atoms with Crippen molar-refractivity contribution in [3.63, 3.8) is 0 Å². The van der Waals surface area contributed by atoms with Crippen molar-refractivity contribution in [2.45, 2.75) is 6.92 Å². The number of anilines is 2. The van der Waals surface area contributed by atoms with Crippen molar-refractivity contribution in [1.82, 2.24) is 4.98 Å². The van der Waals surface area contributed by atoms with Crippen molar-refractivity contribution in [1.29, 1.82) is 0 Å². The van der Waals surface area contributed by atoms with E-state index in [-0.39, 0.29) is 17.2 Å². The number of carbonyl (C=O) groups is 3. The molecule has 1 aromatic heterocycles. The van der Waals surface area contributed by atoms with E-state index in [1.807, 2.05) is 0 Å². The van der Waals surface area contributed by atoms with E-state index in [1.165, 1.54) is 26.2 Å². The minimum atomic E-state index is -0.485. The van der Waals surface area contributed by atoms with Crippen LogP contribution in [0.25, 0.3) is 0 Å². The molecule has 0 saturated carbocycles. The highest BCUT2D eigenvalue weighted by Gasteiger charge is 2.13. The monoisotopic (exact) mass is 389 g/mol. The normalized spacial score (nSPS) is 10.1. The number of hydrogen-bond donors (Lipinski definition) is 2. The van der Waals surface area contributed by atoms with E-state index in [0.29, 0.717) is 22.7 Å². The second kappa shape index (κ2) is 8.79. The molecule has 2 aromatic carbocycles. The van der Waals surface area contributed by atoms with Gasteiger partial charge in [-0.3, -0.25) is 14.4 Å². The van der Waals surface area contributed by atoms with Gasteiger partial charge in [-0.2, -0.15) is 0 Å². The molecule has 3 aromatic rings. The molecule has 0 aliphatic rings. The Bertz CT molecular complexity index is 1080. The standard InChI is InChI=1S/C22H19N3O4/c1-14(26)15-6-3-7-16(12-15)23-21(27)19-10-5-11-20(25-19)22(28)24-17-8-4-9-18(13-17)29-2/h3-13H,1-2H3,(H,23,27)(H,24,28). The van der Waals surface area contributed by atoms with Gasteiger partial charge in [0.15, 0.2) is 5.78 Å². The summed E-state index contributed by atoms with van der Waals surface area (Å²) in [6.45, 7) is 1.45. The fraction of sp³-hybridized carbons (Fsp3) is 0.0909. The molecule has 0 atom stereocenters. The maximum atomic E-state index is 12.5. The number of nitrogens with one attached hydrogen (secondary N) is 2. The molecular weight excluding hydrogens is 370 g/mol. The molecule has 7 heteroatoms. The van der Waals surface area contributed by atoms with Crippen molar-refractivity contribution in [2.24, 2.45) is 0 Å². The molecule has 0 aliphatic carbocycles. The largest absolute Gasteiger partial charge is 0.497 e. The predicted octanol–water partition coefficient (Wildman–Crippen LogP) is 3.80. The molecule has 0 fully saturated rings. The Labute approximate surface area is 167 Å². The highest BCUT2D eigenvalue weighted by molar-refractivity contribution is 6.06. The lowest BCUT2D eigenvalue weighted by molar-refractivity contribution is 0.100. The molecule has 2 amide bonds. The fourth-order valence-electron chi connectivity index (χ4n) is 2.59. The lowest BCUT2D eigenvalue weighted by atomic mass is 10.1. The van der Waals surface area contributed by atoms with E-state index >= 15 is 0 Å². The van der Waals surface area contributed by atoms with Crippen molar-refractivity contribution < 1.29 is 19.1 Å². The summed E-state index contributed by atoms with van der Waals surface area (Å²) < 4.78 is 5.13. The lowest BCUT2D eigenvalue weighted by Gasteiger charge is -2.09. The third kappa shape index (κ3) is 5.04. The van der Waals surface area contributed by atoms with Gasteiger partial charge in [0.1, 0.15) is 17.1 Å². The Morgan fingerprint density at radius 1 is 0.793 bits per heavy atom. The van der Waals surface area contributed by atoms with E-state index in [9.17, 15) is 14.4 Å². The number of aromatic nitrogens is 1. The van der Waals surface area contributed by atoms with E-state index in [2.05, 4.69) is 15.6 Å². The summed E-state index contributed by atoms with van der Waals surface area (Å²) in [4.78, 5) is 40.6. The molecular formula is C22H19N3O4. The van der Waals surface area contributed by atoms with Crippen LogP contribution in [0.15, 0.2) is 66.7 Å². The van der Waals surface area contributed by atoms with Gasteiger partial charge in [-0.15, -0.1) is 0 Å². The number of amides is 2. The van der Waals surface area contributed by atoms with Gasteiger partial charge in [0.2, 0.25) is 0 Å². The Morgan fingerprint density at radius 2 is 1.34 bits per heavy atom. The SMILES string of the molecule is COc1cccc(NC(=O)c2cccc(C(=O)Nc3cccc(C(C)=O)c3)n2)c1. The summed E-state index contributed by atoms with van der Waals surface area (Å²) in [5, 5.41) is 5.40. The van der Waals surface area contributed by atoms with Crippen LogP contribution in [0.4, 0.5) is 11.4 Å². The Kier molecular flexibility index (Phi) is 5.99. The van der Waals surface area contributed by atoms with Crippen LogP contribution in [0.2, 0.25) is 0 Å². The second-order valence-corrected chi connectivity index (χ2v) is 6.19. The average Bonchev–Trinajstić information content (AvgIpc) is 2.74. The molecule has 1 heterocycles. The van der Waals surface area contributed by atoms with Gasteiger partial charge in [-0.05, 0) is 43.3 Å². The third-order valence-corrected chi connectivity index (χ3v) is 4.07. The van der Waals surface area contributed by atoms with E-state index < -0.39 is 11.8 Å². The first-order chi connectivity index (χ1) is 14.0. The zero-order valence-corrected chi connectivity index (χ0v) is 15.9. The maximum Gasteiger partial charge on any atom is 0.274 e. The molecule has 0 aliphatic heterocycles. The van der Waals surface area contributed by atoms with Crippen LogP contribution < -0.4 is 15.4 Å². The molecule has 146 valence electrons. The minimum Gasteiger partial charge on any atom is -0.497 e. The van der Waals surface area contributed by atoms with Gasteiger partial charge in [-0.25, -0.2) is 4.98 Å². The average molecular weight is 389 g/mol. The number of Topliss-reactive ketones (excluding diaryl/α,β-unsaturated/α-hetero) is 1. The van der Waals surface area contributed by atoms with Crippen molar-refractivity contribution >= 4 is 29.0 Å². The van der Waals surface area contributed by atoms with Gasteiger partial charge in [-0.1, -0.05) is 24.3 Å². The molecule has 7 nitrogen and oxygen atoms in total. The van der Waals surface area contributed by atoms with E-state index in [4.69, 9.17) is 4.74 Å². The topological polar surface area (TPSA) is 97.4 Å². The number of rotatable bonds is 6. The van der Waals surface area contributed by atoms with Gasteiger partial charge < -0.3 is 15.4 Å². The van der Waals surface area contributed by atoms with Gasteiger partial charge >= 0.3 is 0 Å². The van der Waals surface area contributed by atoms with Crippen LogP contribution >= 0.6 is 0 Å². The second-order valence-electron chi connectivity index (χ2n) is 6.19. The zero-order valence-electron chi connectivity index (χ0n) is 15.9. The first-order valence-electron chi connectivity index (χ1n) is 8.81. The van der Waals surface area contributed by atoms with Crippen LogP contribution in [0.5, 0.6) is 5.75 Å². The number of pyridine rings is 1. The summed E-state index contributed by atoms with van der Waals surface area (Å²) in [6.07, 6.45) is 0. The fourth-order valence-corrected chi connectivity index (χ4v) is 2.59. The number of hydrogen-bond acceptors (Lipinski definition) is 5. The molecule has 0 saturated heterocycles. The van der Waals surface area contributed by atoms with Crippen LogP contribution in [-0.2, 0) is 0 Å². The van der Waals surface area contributed by atoms with E-state index in [0.717, 1.165) is 0 Å². The smallest absolute Gasteiger partial charge is 0.274 e. The van der Waals surface area contributed by atoms with Crippen molar-refractivity contribution in [2.75, 3.05) is 17.7 Å². The number of nitrogens with zero attached hydrogens (tertiary/aromatic N) is 1. The van der Waals surface area contributed by atoms with E-state index in [1.54, 1.807) is 54.6 Å². The number of benzene rings is 2. The first kappa shape index (κ1) is 19.8. The van der Waals surface area contributed by atoms with Crippen LogP contribution in [0.3, 0.4) is 0 Å². The van der Waals surface area contributed by atoms with Crippen molar-refractivity contribution in [3.05, 3.63) is 83.7 Å². The number of carbonyl (C=O) groups excluding carboxylic acids is 3. The summed E-state index contributed by atoms with van der Waals surface area (Å²) in [5.74, 6) is -0.430. The molecule has 29 heavy (non-hydrogen) atoms. The molecule has 0 unspecified atom stereocenters. The Hall–Kier alpha value is -4.00. The minimum absolute atomic E-state index is 0.0801. The highest BCUT2D eigenvalue weighted by Crippen LogP contribution is 2.17. The Balaban J connectivity index is 1.74. The quantitative estimate of drug-likeness (QED) is 0.625. The summed E-state index contributed by atoms with van der Waals surface area (Å²) in [5.41, 5.74) is 1.68. The van der Waals surface area contributed by atoms with Crippen LogP contribution in [0.1, 0.15) is 38.3 Å².